The Kier molecular flexibility index (Phi) is 8.88. The van der Waals surface area contributed by atoms with E-state index in [4.69, 9.17) is 0 Å². The van der Waals surface area contributed by atoms with Gasteiger partial charge in [0.2, 0.25) is 11.8 Å². The van der Waals surface area contributed by atoms with Gasteiger partial charge in [0.1, 0.15) is 0 Å². The van der Waals surface area contributed by atoms with E-state index < -0.39 is 21.9 Å². The molecule has 0 fully saturated rings. The van der Waals surface area contributed by atoms with Gasteiger partial charge in [-0.15, -0.1) is 0 Å². The third-order valence-electron chi connectivity index (χ3n) is 5.87. The van der Waals surface area contributed by atoms with E-state index in [0.717, 1.165) is 19.3 Å². The molecule has 0 atom stereocenters. The zero-order chi connectivity index (χ0) is 24.4. The summed E-state index contributed by atoms with van der Waals surface area (Å²) in [6.45, 7) is 29.3. The molecule has 0 rings (SSSR count). The summed E-state index contributed by atoms with van der Waals surface area (Å²) in [5.41, 5.74) is -1.56. The molecule has 0 aromatic heterocycles. The maximum absolute atomic E-state index is 13.1. The van der Waals surface area contributed by atoms with Crippen molar-refractivity contribution >= 4 is 11.8 Å². The quantitative estimate of drug-likeness (QED) is 0.421. The summed E-state index contributed by atoms with van der Waals surface area (Å²) in [7, 11) is 0. The Bertz CT molecular complexity index is 605. The molecule has 0 aliphatic carbocycles. The fraction of sp³-hybridized carbons (Fsp3) is 0.923. The van der Waals surface area contributed by atoms with Crippen molar-refractivity contribution < 1.29 is 9.59 Å². The third kappa shape index (κ3) is 10.3. The highest BCUT2D eigenvalue weighted by molar-refractivity contribution is 5.83. The first kappa shape index (κ1) is 28.9. The van der Waals surface area contributed by atoms with Gasteiger partial charge in [-0.3, -0.25) is 9.59 Å². The fourth-order valence-corrected chi connectivity index (χ4v) is 4.95. The Morgan fingerprint density at radius 3 is 1.20 bits per heavy atom. The van der Waals surface area contributed by atoms with Crippen molar-refractivity contribution in [1.82, 2.24) is 10.6 Å². The van der Waals surface area contributed by atoms with Crippen LogP contribution in [0, 0.1) is 21.7 Å². The minimum absolute atomic E-state index is 0.0644. The molecule has 0 aromatic rings. The first-order chi connectivity index (χ1) is 12.9. The van der Waals surface area contributed by atoms with Crippen molar-refractivity contribution in [3.63, 3.8) is 0 Å². The zero-order valence-electron chi connectivity index (χ0n) is 22.6. The van der Waals surface area contributed by atoms with E-state index in [9.17, 15) is 9.59 Å². The van der Waals surface area contributed by atoms with Crippen LogP contribution in [-0.4, -0.2) is 22.9 Å². The Hall–Kier alpha value is -1.06. The van der Waals surface area contributed by atoms with E-state index in [0.29, 0.717) is 6.42 Å². The molecule has 0 aromatic carbocycles. The molecule has 0 aliphatic heterocycles. The van der Waals surface area contributed by atoms with Crippen LogP contribution in [0.4, 0.5) is 0 Å². The van der Waals surface area contributed by atoms with Crippen LogP contribution in [0.3, 0.4) is 0 Å². The number of rotatable bonds is 10. The molecule has 4 nitrogen and oxygen atoms in total. The lowest BCUT2D eigenvalue weighted by atomic mass is 9.72. The molecule has 0 unspecified atom stereocenters. The van der Waals surface area contributed by atoms with E-state index in [1.807, 2.05) is 55.4 Å². The molecule has 0 saturated heterocycles. The average Bonchev–Trinajstić information content (AvgIpc) is 2.40. The number of hydrogen-bond donors (Lipinski definition) is 2. The lowest BCUT2D eigenvalue weighted by Gasteiger charge is -2.41. The van der Waals surface area contributed by atoms with E-state index in [1.54, 1.807) is 0 Å². The molecule has 178 valence electrons. The molecule has 0 heterocycles. The molecule has 2 amide bonds. The van der Waals surface area contributed by atoms with E-state index in [1.165, 1.54) is 0 Å². The highest BCUT2D eigenvalue weighted by Crippen LogP contribution is 2.37. The highest BCUT2D eigenvalue weighted by atomic mass is 16.2. The first-order valence-electron chi connectivity index (χ1n) is 11.6. The van der Waals surface area contributed by atoms with Gasteiger partial charge in [0.15, 0.2) is 0 Å². The predicted octanol–water partition coefficient (Wildman–Crippen LogP) is 6.48. The molecule has 0 radical (unpaired) electrons. The maximum Gasteiger partial charge on any atom is 0.226 e. The molecule has 0 saturated carbocycles. The molecular weight excluding hydrogens is 372 g/mol. The minimum atomic E-state index is -0.448. The summed E-state index contributed by atoms with van der Waals surface area (Å²) < 4.78 is 0. The smallest absolute Gasteiger partial charge is 0.226 e. The minimum Gasteiger partial charge on any atom is -0.351 e. The van der Waals surface area contributed by atoms with Gasteiger partial charge < -0.3 is 10.6 Å². The van der Waals surface area contributed by atoms with Crippen LogP contribution in [0.1, 0.15) is 123 Å². The average molecular weight is 425 g/mol. The van der Waals surface area contributed by atoms with Crippen molar-refractivity contribution in [1.29, 1.82) is 0 Å². The van der Waals surface area contributed by atoms with Gasteiger partial charge >= 0.3 is 0 Å². The highest BCUT2D eigenvalue weighted by Gasteiger charge is 2.40. The van der Waals surface area contributed by atoms with Gasteiger partial charge in [-0.05, 0) is 57.8 Å². The molecular formula is C26H52N2O2. The van der Waals surface area contributed by atoms with Gasteiger partial charge in [0, 0.05) is 21.9 Å². The van der Waals surface area contributed by atoms with E-state index in [2.05, 4.69) is 52.2 Å². The zero-order valence-corrected chi connectivity index (χ0v) is 22.6. The molecule has 4 heteroatoms. The van der Waals surface area contributed by atoms with Gasteiger partial charge in [0.05, 0.1) is 0 Å². The number of carbonyl (C=O) groups is 2. The number of amides is 2. The summed E-state index contributed by atoms with van der Waals surface area (Å²) in [4.78, 5) is 26.1. The van der Waals surface area contributed by atoms with Crippen molar-refractivity contribution in [3.05, 3.63) is 0 Å². The monoisotopic (exact) mass is 424 g/mol. The van der Waals surface area contributed by atoms with Crippen LogP contribution >= 0.6 is 0 Å². The molecule has 30 heavy (non-hydrogen) atoms. The Morgan fingerprint density at radius 1 is 0.567 bits per heavy atom. The Morgan fingerprint density at radius 2 is 0.900 bits per heavy atom. The van der Waals surface area contributed by atoms with Crippen molar-refractivity contribution in [2.75, 3.05) is 0 Å². The second kappa shape index (κ2) is 9.20. The Labute approximate surface area is 187 Å². The van der Waals surface area contributed by atoms with E-state index in [-0.39, 0.29) is 22.6 Å². The predicted molar refractivity (Wildman–Crippen MR) is 129 cm³/mol. The van der Waals surface area contributed by atoms with Crippen LogP contribution in [0.25, 0.3) is 0 Å². The lowest BCUT2D eigenvalue weighted by Crippen LogP contribution is -2.57. The summed E-state index contributed by atoms with van der Waals surface area (Å²) >= 11 is 0. The van der Waals surface area contributed by atoms with Crippen LogP contribution in [0.15, 0.2) is 0 Å². The summed E-state index contributed by atoms with van der Waals surface area (Å²) in [5.74, 6) is 0.138. The van der Waals surface area contributed by atoms with Crippen LogP contribution in [0.2, 0.25) is 0 Å². The lowest BCUT2D eigenvalue weighted by molar-refractivity contribution is -0.133. The maximum atomic E-state index is 13.1. The van der Waals surface area contributed by atoms with Crippen LogP contribution < -0.4 is 10.6 Å². The normalized spacial score (nSPS) is 14.5. The van der Waals surface area contributed by atoms with Gasteiger partial charge in [-0.1, -0.05) is 75.7 Å². The van der Waals surface area contributed by atoms with Crippen LogP contribution in [-0.2, 0) is 9.59 Å². The molecule has 0 aliphatic rings. The molecule has 0 bridgehead atoms. The van der Waals surface area contributed by atoms with Gasteiger partial charge in [0.25, 0.3) is 0 Å². The van der Waals surface area contributed by atoms with Crippen molar-refractivity contribution in [2.45, 2.75) is 134 Å². The molecule has 0 spiro atoms. The second-order valence-corrected chi connectivity index (χ2v) is 14.1. The van der Waals surface area contributed by atoms with Gasteiger partial charge in [-0.2, -0.15) is 0 Å². The van der Waals surface area contributed by atoms with Gasteiger partial charge in [-0.25, -0.2) is 0 Å². The SMILES string of the molecule is CCC(C)(C)CC(C)(C)C(=O)NC(C)(C)CC(C)(C)NC(=O)C(C)(C)CC(C)(C)C. The number of carbonyl (C=O) groups excluding carboxylic acids is 2. The third-order valence-corrected chi connectivity index (χ3v) is 5.87. The Balaban J connectivity index is 5.20. The van der Waals surface area contributed by atoms with E-state index >= 15 is 0 Å². The number of hydrogen-bond acceptors (Lipinski definition) is 2. The summed E-state index contributed by atoms with van der Waals surface area (Å²) in [6.07, 6.45) is 3.33. The standard InChI is InChI=1S/C26H52N2O2/c1-15-22(5,6)17-24(9,10)20(30)28-26(13,14)18-25(11,12)27-19(29)23(7,8)16-21(2,3)4/h15-18H2,1-14H3,(H,27,29)(H,28,30). The molecule has 2 N–H and O–H groups in total. The first-order valence-corrected chi connectivity index (χ1v) is 11.6. The largest absolute Gasteiger partial charge is 0.351 e. The van der Waals surface area contributed by atoms with Crippen molar-refractivity contribution in [3.8, 4) is 0 Å². The topological polar surface area (TPSA) is 58.2 Å². The van der Waals surface area contributed by atoms with Crippen LogP contribution in [0.5, 0.6) is 0 Å². The summed E-state index contributed by atoms with van der Waals surface area (Å²) in [5, 5.41) is 6.50. The fourth-order valence-electron chi connectivity index (χ4n) is 4.95. The van der Waals surface area contributed by atoms with Crippen molar-refractivity contribution in [2.24, 2.45) is 21.7 Å². The summed E-state index contributed by atoms with van der Waals surface area (Å²) in [6, 6.07) is 0. The second-order valence-electron chi connectivity index (χ2n) is 14.1. The number of nitrogens with one attached hydrogen (secondary N) is 2.